The Morgan fingerprint density at radius 3 is 2.46 bits per heavy atom. The van der Waals surface area contributed by atoms with Gasteiger partial charge in [0.15, 0.2) is 0 Å². The number of likely N-dealkylation sites (tertiary alicyclic amines) is 1. The van der Waals surface area contributed by atoms with E-state index >= 15 is 0 Å². The highest BCUT2D eigenvalue weighted by molar-refractivity contribution is 7.93. The number of nitrogens with zero attached hydrogens (tertiary/aromatic N) is 2. The minimum Gasteiger partial charge on any atom is -0.306 e. The summed E-state index contributed by atoms with van der Waals surface area (Å²) in [6.07, 6.45) is 0.860. The van der Waals surface area contributed by atoms with Gasteiger partial charge in [-0.3, -0.25) is 4.31 Å². The number of hydrogen-bond donors (Lipinski definition) is 0. The number of hydrogen-bond acceptors (Lipinski definition) is 3. The molecule has 0 radical (unpaired) electrons. The maximum atomic E-state index is 13.7. The predicted molar refractivity (Wildman–Crippen MR) is 105 cm³/mol. The van der Waals surface area contributed by atoms with E-state index in [1.165, 1.54) is 11.1 Å². The molecule has 5 heteroatoms. The number of aryl methyl sites for hydroxylation is 3. The molecule has 4 rings (SSSR count). The van der Waals surface area contributed by atoms with Crippen molar-refractivity contribution < 1.29 is 8.42 Å². The Labute approximate surface area is 156 Å². The van der Waals surface area contributed by atoms with Gasteiger partial charge in [-0.2, -0.15) is 0 Å². The van der Waals surface area contributed by atoms with Gasteiger partial charge in [0.05, 0.1) is 16.6 Å². The highest BCUT2D eigenvalue weighted by Gasteiger charge is 2.46. The Kier molecular flexibility index (Phi) is 4.12. The first-order chi connectivity index (χ1) is 12.3. The molecule has 26 heavy (non-hydrogen) atoms. The summed E-state index contributed by atoms with van der Waals surface area (Å²) in [6.45, 7) is 7.72. The van der Waals surface area contributed by atoms with Gasteiger partial charge in [-0.25, -0.2) is 8.42 Å². The number of piperidine rings is 1. The first-order valence-electron chi connectivity index (χ1n) is 9.20. The zero-order valence-corrected chi connectivity index (χ0v) is 16.7. The molecule has 138 valence electrons. The highest BCUT2D eigenvalue weighted by atomic mass is 32.2. The SMILES string of the molecule is Cc1ccc2c(c1)[C@@H]1CN(C)CC[C@@H]1N2S(=O)(=O)c1cc(C)ccc1C. The number of benzene rings is 2. The molecule has 2 aliphatic heterocycles. The number of likely N-dealkylation sites (N-methyl/N-ethyl adjacent to an activating group) is 1. The van der Waals surface area contributed by atoms with Gasteiger partial charge in [0, 0.05) is 12.5 Å². The Morgan fingerprint density at radius 2 is 1.69 bits per heavy atom. The van der Waals surface area contributed by atoms with E-state index in [0.717, 1.165) is 36.3 Å². The molecule has 2 aromatic carbocycles. The Balaban J connectivity index is 1.89. The average Bonchev–Trinajstić information content (AvgIpc) is 2.90. The minimum atomic E-state index is -3.59. The van der Waals surface area contributed by atoms with Crippen molar-refractivity contribution in [3.63, 3.8) is 0 Å². The third kappa shape index (κ3) is 2.65. The largest absolute Gasteiger partial charge is 0.306 e. The summed E-state index contributed by atoms with van der Waals surface area (Å²) in [4.78, 5) is 2.74. The summed E-state index contributed by atoms with van der Waals surface area (Å²) in [7, 11) is -1.47. The van der Waals surface area contributed by atoms with Crippen LogP contribution < -0.4 is 4.31 Å². The Bertz CT molecular complexity index is 968. The lowest BCUT2D eigenvalue weighted by molar-refractivity contribution is 0.237. The van der Waals surface area contributed by atoms with Crippen LogP contribution >= 0.6 is 0 Å². The van der Waals surface area contributed by atoms with Gasteiger partial charge < -0.3 is 4.90 Å². The Morgan fingerprint density at radius 1 is 1.00 bits per heavy atom. The van der Waals surface area contributed by atoms with Crippen molar-refractivity contribution in [3.05, 3.63) is 58.7 Å². The third-order valence-corrected chi connectivity index (χ3v) is 7.76. The first-order valence-corrected chi connectivity index (χ1v) is 10.6. The summed E-state index contributed by atoms with van der Waals surface area (Å²) < 4.78 is 29.1. The smallest absolute Gasteiger partial charge is 0.264 e. The second-order valence-corrected chi connectivity index (χ2v) is 9.64. The molecule has 0 aliphatic carbocycles. The summed E-state index contributed by atoms with van der Waals surface area (Å²) >= 11 is 0. The molecule has 4 nitrogen and oxygen atoms in total. The van der Waals surface area contributed by atoms with E-state index in [-0.39, 0.29) is 12.0 Å². The van der Waals surface area contributed by atoms with Gasteiger partial charge in [0.2, 0.25) is 0 Å². The van der Waals surface area contributed by atoms with Crippen molar-refractivity contribution in [1.29, 1.82) is 0 Å². The topological polar surface area (TPSA) is 40.6 Å². The maximum absolute atomic E-state index is 13.7. The van der Waals surface area contributed by atoms with E-state index in [4.69, 9.17) is 0 Å². The van der Waals surface area contributed by atoms with Crippen LogP contribution in [0.1, 0.15) is 34.6 Å². The lowest BCUT2D eigenvalue weighted by Crippen LogP contribution is -2.47. The molecular weight excluding hydrogens is 344 g/mol. The van der Waals surface area contributed by atoms with Gasteiger partial charge in [0.1, 0.15) is 0 Å². The van der Waals surface area contributed by atoms with E-state index < -0.39 is 10.0 Å². The number of sulfonamides is 1. The maximum Gasteiger partial charge on any atom is 0.264 e. The average molecular weight is 371 g/mol. The molecule has 0 N–H and O–H groups in total. The van der Waals surface area contributed by atoms with Crippen LogP contribution in [0, 0.1) is 20.8 Å². The van der Waals surface area contributed by atoms with Crippen LogP contribution in [0.15, 0.2) is 41.3 Å². The second kappa shape index (κ2) is 6.10. The lowest BCUT2D eigenvalue weighted by atomic mass is 9.89. The molecular formula is C21H26N2O2S. The molecule has 0 spiro atoms. The second-order valence-electron chi connectivity index (χ2n) is 7.86. The van der Waals surface area contributed by atoms with Crippen LogP contribution in [0.4, 0.5) is 5.69 Å². The van der Waals surface area contributed by atoms with Crippen molar-refractivity contribution in [2.45, 2.75) is 44.0 Å². The third-order valence-electron chi connectivity index (χ3n) is 5.78. The van der Waals surface area contributed by atoms with Gasteiger partial charge >= 0.3 is 0 Å². The molecule has 0 aromatic heterocycles. The molecule has 2 heterocycles. The molecule has 0 bridgehead atoms. The van der Waals surface area contributed by atoms with Crippen molar-refractivity contribution in [3.8, 4) is 0 Å². The molecule has 2 atom stereocenters. The van der Waals surface area contributed by atoms with Crippen LogP contribution in [-0.4, -0.2) is 39.5 Å². The molecule has 0 saturated carbocycles. The summed E-state index contributed by atoms with van der Waals surface area (Å²) in [5.41, 5.74) is 5.00. The summed E-state index contributed by atoms with van der Waals surface area (Å²) in [5, 5.41) is 0. The molecule has 1 saturated heterocycles. The summed E-state index contributed by atoms with van der Waals surface area (Å²) in [6, 6.07) is 11.9. The number of anilines is 1. The quantitative estimate of drug-likeness (QED) is 0.811. The van der Waals surface area contributed by atoms with E-state index in [2.05, 4.69) is 24.9 Å². The minimum absolute atomic E-state index is 0.00733. The van der Waals surface area contributed by atoms with Crippen molar-refractivity contribution in [2.24, 2.45) is 0 Å². The van der Waals surface area contributed by atoms with Crippen LogP contribution in [0.3, 0.4) is 0 Å². The van der Waals surface area contributed by atoms with E-state index in [9.17, 15) is 8.42 Å². The highest BCUT2D eigenvalue weighted by Crippen LogP contribution is 2.47. The van der Waals surface area contributed by atoms with Gasteiger partial charge in [-0.15, -0.1) is 0 Å². The molecule has 0 amide bonds. The fourth-order valence-electron chi connectivity index (χ4n) is 4.44. The number of rotatable bonds is 2. The molecule has 0 unspecified atom stereocenters. The fraction of sp³-hybridized carbons (Fsp3) is 0.429. The molecule has 2 aliphatic rings. The zero-order valence-electron chi connectivity index (χ0n) is 15.9. The Hall–Kier alpha value is -1.85. The van der Waals surface area contributed by atoms with Crippen LogP contribution in [-0.2, 0) is 10.0 Å². The van der Waals surface area contributed by atoms with E-state index in [0.29, 0.717) is 4.90 Å². The molecule has 1 fully saturated rings. The van der Waals surface area contributed by atoms with Gasteiger partial charge in [-0.05, 0) is 69.6 Å². The fourth-order valence-corrected chi connectivity index (χ4v) is 6.49. The first kappa shape index (κ1) is 17.6. The standard InChI is InChI=1S/C21H26N2O2S/c1-14-6-8-19-17(11-14)18-13-22(4)10-9-20(18)23(19)26(24,25)21-12-15(2)5-7-16(21)3/h5-8,11-12,18,20H,9-10,13H2,1-4H3/t18-,20-/m0/s1. The molecule has 2 aromatic rings. The van der Waals surface area contributed by atoms with Crippen molar-refractivity contribution in [2.75, 3.05) is 24.4 Å². The predicted octanol–water partition coefficient (Wildman–Crippen LogP) is 3.61. The van der Waals surface area contributed by atoms with Crippen molar-refractivity contribution >= 4 is 15.7 Å². The van der Waals surface area contributed by atoms with Crippen molar-refractivity contribution in [1.82, 2.24) is 4.90 Å². The summed E-state index contributed by atoms with van der Waals surface area (Å²) in [5.74, 6) is 0.239. The number of fused-ring (bicyclic) bond motifs is 3. The van der Waals surface area contributed by atoms with Gasteiger partial charge in [-0.1, -0.05) is 29.8 Å². The lowest BCUT2D eigenvalue weighted by Gasteiger charge is -2.37. The van der Waals surface area contributed by atoms with Gasteiger partial charge in [0.25, 0.3) is 10.0 Å². The van der Waals surface area contributed by atoms with Crippen LogP contribution in [0.2, 0.25) is 0 Å². The van der Waals surface area contributed by atoms with Crippen LogP contribution in [0.5, 0.6) is 0 Å². The zero-order chi connectivity index (χ0) is 18.6. The normalized spacial score (nSPS) is 23.0. The van der Waals surface area contributed by atoms with Crippen LogP contribution in [0.25, 0.3) is 0 Å². The monoisotopic (exact) mass is 370 g/mol. The van der Waals surface area contributed by atoms with E-state index in [1.54, 1.807) is 10.4 Å². The van der Waals surface area contributed by atoms with E-state index in [1.807, 2.05) is 38.1 Å².